The average molecular weight is 264 g/mol. The van der Waals surface area contributed by atoms with Crippen LogP contribution >= 0.6 is 0 Å². The first-order valence-corrected chi connectivity index (χ1v) is 6.55. The molecule has 1 heterocycles. The number of aliphatic hydroxyl groups excluding tert-OH is 1. The fraction of sp³-hybridized carbons (Fsp3) is 0.118. The molecule has 0 radical (unpaired) electrons. The number of carbonyl (C=O) groups excluding carboxylic acids is 1. The molecule has 2 aliphatic rings. The van der Waals surface area contributed by atoms with Crippen molar-refractivity contribution in [3.63, 3.8) is 0 Å². The highest BCUT2D eigenvalue weighted by atomic mass is 16.5. The number of allylic oxidation sites excluding steroid dienone is 1. The van der Waals surface area contributed by atoms with Crippen LogP contribution in [-0.2, 0) is 0 Å². The van der Waals surface area contributed by atoms with Gasteiger partial charge in [0.05, 0.1) is 11.5 Å². The Labute approximate surface area is 115 Å². The van der Waals surface area contributed by atoms with Crippen molar-refractivity contribution in [3.05, 3.63) is 65.9 Å². The second-order valence-corrected chi connectivity index (χ2v) is 5.08. The lowest BCUT2D eigenvalue weighted by Crippen LogP contribution is -2.36. The van der Waals surface area contributed by atoms with Gasteiger partial charge < -0.3 is 9.84 Å². The summed E-state index contributed by atoms with van der Waals surface area (Å²) < 4.78 is 5.90. The standard InChI is InChI=1S/C17H12O3/c18-11-6-8-14-13(9-11)17(19)16-12-4-2-1-3-10(12)5-7-15(16)20-14/h1-9,13-14,18H. The summed E-state index contributed by atoms with van der Waals surface area (Å²) in [4.78, 5) is 12.7. The predicted octanol–water partition coefficient (Wildman–Crippen LogP) is 3.41. The van der Waals surface area contributed by atoms with Gasteiger partial charge in [0.15, 0.2) is 5.78 Å². The number of aliphatic hydroxyl groups is 1. The first-order chi connectivity index (χ1) is 9.74. The topological polar surface area (TPSA) is 46.5 Å². The molecule has 0 aromatic heterocycles. The minimum absolute atomic E-state index is 0.00366. The van der Waals surface area contributed by atoms with Gasteiger partial charge in [0.25, 0.3) is 0 Å². The fourth-order valence-electron chi connectivity index (χ4n) is 2.90. The summed E-state index contributed by atoms with van der Waals surface area (Å²) in [5.41, 5.74) is 0.615. The number of Topliss-reactive ketones (excluding diaryl/α,β-unsaturated/α-hetero) is 1. The number of rotatable bonds is 0. The summed E-state index contributed by atoms with van der Waals surface area (Å²) in [7, 11) is 0. The molecule has 2 aromatic carbocycles. The molecule has 0 spiro atoms. The number of ether oxygens (including phenoxy) is 1. The van der Waals surface area contributed by atoms with Crippen LogP contribution in [0.2, 0.25) is 0 Å². The van der Waals surface area contributed by atoms with Gasteiger partial charge in [-0.15, -0.1) is 0 Å². The van der Waals surface area contributed by atoms with Crippen LogP contribution in [-0.4, -0.2) is 17.0 Å². The van der Waals surface area contributed by atoms with Crippen LogP contribution < -0.4 is 4.74 Å². The van der Waals surface area contributed by atoms with E-state index in [-0.39, 0.29) is 17.6 Å². The van der Waals surface area contributed by atoms with Gasteiger partial charge in [-0.3, -0.25) is 4.79 Å². The van der Waals surface area contributed by atoms with E-state index in [2.05, 4.69) is 0 Å². The Bertz CT molecular complexity index is 786. The van der Waals surface area contributed by atoms with Crippen LogP contribution in [0.5, 0.6) is 5.75 Å². The number of hydrogen-bond donors (Lipinski definition) is 1. The molecule has 3 heteroatoms. The molecule has 0 bridgehead atoms. The van der Waals surface area contributed by atoms with Crippen LogP contribution in [0.4, 0.5) is 0 Å². The molecule has 20 heavy (non-hydrogen) atoms. The Kier molecular flexibility index (Phi) is 2.24. The summed E-state index contributed by atoms with van der Waals surface area (Å²) in [5.74, 6) is 0.295. The molecule has 0 amide bonds. The molecule has 0 fully saturated rings. The summed E-state index contributed by atoms with van der Waals surface area (Å²) >= 11 is 0. The van der Waals surface area contributed by atoms with Gasteiger partial charge in [-0.25, -0.2) is 0 Å². The summed E-state index contributed by atoms with van der Waals surface area (Å²) in [6, 6.07) is 11.6. The third-order valence-electron chi connectivity index (χ3n) is 3.86. The summed E-state index contributed by atoms with van der Waals surface area (Å²) in [5, 5.41) is 11.5. The second kappa shape index (κ2) is 3.97. The van der Waals surface area contributed by atoms with E-state index in [1.807, 2.05) is 36.4 Å². The Morgan fingerprint density at radius 2 is 1.95 bits per heavy atom. The van der Waals surface area contributed by atoms with Crippen molar-refractivity contribution in [3.8, 4) is 5.75 Å². The zero-order chi connectivity index (χ0) is 13.7. The highest BCUT2D eigenvalue weighted by Gasteiger charge is 2.37. The Balaban J connectivity index is 1.96. The number of hydrogen-bond acceptors (Lipinski definition) is 3. The summed E-state index contributed by atoms with van der Waals surface area (Å²) in [6.45, 7) is 0. The number of benzene rings is 2. The lowest BCUT2D eigenvalue weighted by molar-refractivity contribution is 0.0803. The third kappa shape index (κ3) is 1.50. The van der Waals surface area contributed by atoms with E-state index in [1.54, 1.807) is 18.2 Å². The third-order valence-corrected chi connectivity index (χ3v) is 3.86. The first kappa shape index (κ1) is 11.3. The average Bonchev–Trinajstić information content (AvgIpc) is 2.48. The molecule has 1 aliphatic heterocycles. The van der Waals surface area contributed by atoms with Gasteiger partial charge in [0, 0.05) is 0 Å². The second-order valence-electron chi connectivity index (χ2n) is 5.08. The Hall–Kier alpha value is -2.55. The molecule has 1 aliphatic carbocycles. The van der Waals surface area contributed by atoms with Crippen molar-refractivity contribution in [1.82, 2.24) is 0 Å². The van der Waals surface area contributed by atoms with Gasteiger partial charge in [0.2, 0.25) is 0 Å². The normalized spacial score (nSPS) is 23.8. The molecule has 98 valence electrons. The molecule has 3 nitrogen and oxygen atoms in total. The largest absolute Gasteiger partial charge is 0.508 e. The van der Waals surface area contributed by atoms with Crippen molar-refractivity contribution in [2.75, 3.05) is 0 Å². The monoisotopic (exact) mass is 264 g/mol. The van der Waals surface area contributed by atoms with Crippen LogP contribution in [0.15, 0.2) is 60.4 Å². The van der Waals surface area contributed by atoms with E-state index < -0.39 is 5.92 Å². The molecular weight excluding hydrogens is 252 g/mol. The number of fused-ring (bicyclic) bond motifs is 4. The maximum Gasteiger partial charge on any atom is 0.178 e. The molecule has 0 saturated heterocycles. The van der Waals surface area contributed by atoms with Crippen molar-refractivity contribution >= 4 is 16.6 Å². The smallest absolute Gasteiger partial charge is 0.178 e. The molecule has 4 rings (SSSR count). The minimum Gasteiger partial charge on any atom is -0.508 e. The van der Waals surface area contributed by atoms with Crippen molar-refractivity contribution in [2.45, 2.75) is 6.10 Å². The summed E-state index contributed by atoms with van der Waals surface area (Å²) in [6.07, 6.45) is 4.54. The van der Waals surface area contributed by atoms with E-state index in [4.69, 9.17) is 4.74 Å². The van der Waals surface area contributed by atoms with Gasteiger partial charge in [-0.2, -0.15) is 0 Å². The van der Waals surface area contributed by atoms with E-state index in [9.17, 15) is 9.90 Å². The maximum atomic E-state index is 12.7. The van der Waals surface area contributed by atoms with Crippen molar-refractivity contribution in [1.29, 1.82) is 0 Å². The van der Waals surface area contributed by atoms with Crippen LogP contribution in [0.1, 0.15) is 10.4 Å². The van der Waals surface area contributed by atoms with E-state index in [0.717, 1.165) is 10.8 Å². The molecule has 2 unspecified atom stereocenters. The molecule has 0 saturated carbocycles. The predicted molar refractivity (Wildman–Crippen MR) is 76.0 cm³/mol. The van der Waals surface area contributed by atoms with Crippen LogP contribution in [0, 0.1) is 5.92 Å². The number of ketones is 1. The van der Waals surface area contributed by atoms with E-state index >= 15 is 0 Å². The highest BCUT2D eigenvalue weighted by Crippen LogP contribution is 2.38. The van der Waals surface area contributed by atoms with Gasteiger partial charge >= 0.3 is 0 Å². The number of carbonyl (C=O) groups is 1. The van der Waals surface area contributed by atoms with Gasteiger partial charge in [0.1, 0.15) is 17.6 Å². The Morgan fingerprint density at radius 3 is 2.85 bits per heavy atom. The van der Waals surface area contributed by atoms with Gasteiger partial charge in [-0.05, 0) is 35.1 Å². The quantitative estimate of drug-likeness (QED) is 0.793. The molecular formula is C17H12O3. The first-order valence-electron chi connectivity index (χ1n) is 6.55. The van der Waals surface area contributed by atoms with E-state index in [0.29, 0.717) is 11.3 Å². The van der Waals surface area contributed by atoms with Gasteiger partial charge in [-0.1, -0.05) is 30.3 Å². The van der Waals surface area contributed by atoms with Crippen LogP contribution in [0.3, 0.4) is 0 Å². The fourth-order valence-corrected chi connectivity index (χ4v) is 2.90. The molecule has 2 aromatic rings. The van der Waals surface area contributed by atoms with Crippen molar-refractivity contribution < 1.29 is 14.6 Å². The zero-order valence-electron chi connectivity index (χ0n) is 10.6. The highest BCUT2D eigenvalue weighted by molar-refractivity contribution is 6.13. The lowest BCUT2D eigenvalue weighted by atomic mass is 9.84. The maximum absolute atomic E-state index is 12.7. The van der Waals surface area contributed by atoms with Crippen molar-refractivity contribution in [2.24, 2.45) is 5.92 Å². The Morgan fingerprint density at radius 1 is 1.10 bits per heavy atom. The molecule has 2 atom stereocenters. The minimum atomic E-state index is -0.446. The van der Waals surface area contributed by atoms with Crippen LogP contribution in [0.25, 0.3) is 10.8 Å². The molecule has 1 N–H and O–H groups in total. The van der Waals surface area contributed by atoms with E-state index in [1.165, 1.54) is 0 Å². The lowest BCUT2D eigenvalue weighted by Gasteiger charge is -2.31. The SMILES string of the molecule is O=C1c2c(ccc3ccccc23)OC2C=CC(O)=CC12. The zero-order valence-corrected chi connectivity index (χ0v) is 10.6.